The maximum atomic E-state index is 12.4. The van der Waals surface area contributed by atoms with E-state index in [9.17, 15) is 18.0 Å². The Balaban J connectivity index is 2.07. The van der Waals surface area contributed by atoms with E-state index in [2.05, 4.69) is 5.32 Å². The van der Waals surface area contributed by atoms with E-state index < -0.39 is 28.0 Å². The fourth-order valence-electron chi connectivity index (χ4n) is 2.19. The van der Waals surface area contributed by atoms with Gasteiger partial charge < -0.3 is 10.1 Å². The van der Waals surface area contributed by atoms with Crippen LogP contribution in [0.1, 0.15) is 18.1 Å². The summed E-state index contributed by atoms with van der Waals surface area (Å²) in [5.74, 6) is -1.03. The summed E-state index contributed by atoms with van der Waals surface area (Å²) in [6.07, 6.45) is -0.916. The maximum Gasteiger partial charge on any atom is 0.311 e. The standard InChI is InChI=1S/C18H22N2O5S2/c1-12-5-6-15(27(23,24)20(3)4)10-16(12)19-18(22)13(2)25-17(21)9-14-7-8-26-11-14/h5-8,10-11,13H,9H2,1-4H3,(H,19,22). The summed E-state index contributed by atoms with van der Waals surface area (Å²) >= 11 is 1.48. The van der Waals surface area contributed by atoms with Crippen LogP contribution in [-0.2, 0) is 30.8 Å². The van der Waals surface area contributed by atoms with Crippen LogP contribution in [0.4, 0.5) is 5.69 Å². The van der Waals surface area contributed by atoms with Crippen molar-refractivity contribution in [3.05, 3.63) is 46.2 Å². The molecular weight excluding hydrogens is 388 g/mol. The number of rotatable bonds is 7. The Kier molecular flexibility index (Phi) is 6.74. The van der Waals surface area contributed by atoms with Crippen molar-refractivity contribution >= 4 is 38.9 Å². The average molecular weight is 411 g/mol. The number of hydrogen-bond donors (Lipinski definition) is 1. The smallest absolute Gasteiger partial charge is 0.311 e. The van der Waals surface area contributed by atoms with Crippen molar-refractivity contribution in [2.24, 2.45) is 0 Å². The predicted molar refractivity (Wildman–Crippen MR) is 104 cm³/mol. The van der Waals surface area contributed by atoms with Gasteiger partial charge in [-0.05, 0) is 53.9 Å². The van der Waals surface area contributed by atoms with Gasteiger partial charge in [-0.15, -0.1) is 0 Å². The van der Waals surface area contributed by atoms with Gasteiger partial charge in [0.25, 0.3) is 5.91 Å². The minimum Gasteiger partial charge on any atom is -0.452 e. The number of thiophene rings is 1. The van der Waals surface area contributed by atoms with E-state index in [4.69, 9.17) is 4.74 Å². The van der Waals surface area contributed by atoms with Gasteiger partial charge >= 0.3 is 5.97 Å². The number of amides is 1. The molecule has 0 saturated heterocycles. The number of sulfonamides is 1. The lowest BCUT2D eigenvalue weighted by molar-refractivity contribution is -0.152. The molecular formula is C18H22N2O5S2. The molecule has 7 nitrogen and oxygen atoms in total. The van der Waals surface area contributed by atoms with Gasteiger partial charge in [-0.1, -0.05) is 6.07 Å². The molecule has 0 spiro atoms. The molecule has 1 aromatic carbocycles. The van der Waals surface area contributed by atoms with Crippen LogP contribution in [-0.4, -0.2) is 44.8 Å². The molecule has 0 saturated carbocycles. The molecule has 1 atom stereocenters. The highest BCUT2D eigenvalue weighted by molar-refractivity contribution is 7.89. The monoisotopic (exact) mass is 410 g/mol. The molecule has 2 rings (SSSR count). The molecule has 0 bridgehead atoms. The zero-order valence-corrected chi connectivity index (χ0v) is 17.2. The van der Waals surface area contributed by atoms with Gasteiger partial charge in [0.1, 0.15) is 0 Å². The summed E-state index contributed by atoms with van der Waals surface area (Å²) in [4.78, 5) is 24.3. The molecule has 0 aliphatic heterocycles. The van der Waals surface area contributed by atoms with Crippen molar-refractivity contribution in [3.8, 4) is 0 Å². The van der Waals surface area contributed by atoms with Gasteiger partial charge in [-0.2, -0.15) is 11.3 Å². The molecule has 1 N–H and O–H groups in total. The number of nitrogens with zero attached hydrogens (tertiary/aromatic N) is 1. The Morgan fingerprint density at radius 3 is 2.56 bits per heavy atom. The van der Waals surface area contributed by atoms with Crippen molar-refractivity contribution in [1.29, 1.82) is 0 Å². The lowest BCUT2D eigenvalue weighted by atomic mass is 10.2. The molecule has 27 heavy (non-hydrogen) atoms. The normalized spacial score (nSPS) is 12.6. The Morgan fingerprint density at radius 2 is 1.96 bits per heavy atom. The molecule has 0 fully saturated rings. The maximum absolute atomic E-state index is 12.4. The summed E-state index contributed by atoms with van der Waals surface area (Å²) in [5.41, 5.74) is 1.87. The van der Waals surface area contributed by atoms with E-state index in [0.717, 1.165) is 9.87 Å². The number of hydrogen-bond acceptors (Lipinski definition) is 6. The molecule has 2 aromatic rings. The van der Waals surface area contributed by atoms with Crippen molar-refractivity contribution < 1.29 is 22.7 Å². The number of aryl methyl sites for hydroxylation is 1. The third kappa shape index (κ3) is 5.38. The molecule has 1 aromatic heterocycles. The molecule has 1 heterocycles. The second-order valence-electron chi connectivity index (χ2n) is 6.19. The van der Waals surface area contributed by atoms with E-state index in [-0.39, 0.29) is 11.3 Å². The predicted octanol–water partition coefficient (Wildman–Crippen LogP) is 2.42. The van der Waals surface area contributed by atoms with Crippen molar-refractivity contribution in [3.63, 3.8) is 0 Å². The first-order valence-electron chi connectivity index (χ1n) is 8.16. The van der Waals surface area contributed by atoms with Crippen LogP contribution >= 0.6 is 11.3 Å². The van der Waals surface area contributed by atoms with Gasteiger partial charge in [-0.25, -0.2) is 12.7 Å². The zero-order chi connectivity index (χ0) is 20.2. The SMILES string of the molecule is Cc1ccc(S(=O)(=O)N(C)C)cc1NC(=O)C(C)OC(=O)Cc1ccsc1. The van der Waals surface area contributed by atoms with Crippen molar-refractivity contribution in [2.75, 3.05) is 19.4 Å². The Labute approximate surface area is 163 Å². The van der Waals surface area contributed by atoms with Gasteiger partial charge in [0.05, 0.1) is 11.3 Å². The molecule has 146 valence electrons. The summed E-state index contributed by atoms with van der Waals surface area (Å²) in [6, 6.07) is 6.29. The van der Waals surface area contributed by atoms with Gasteiger partial charge in [0.2, 0.25) is 10.0 Å². The number of anilines is 1. The molecule has 1 amide bonds. The van der Waals surface area contributed by atoms with Crippen LogP contribution in [0, 0.1) is 6.92 Å². The first-order chi connectivity index (χ1) is 12.6. The lowest BCUT2D eigenvalue weighted by Gasteiger charge is -2.16. The largest absolute Gasteiger partial charge is 0.452 e. The van der Waals surface area contributed by atoms with E-state index >= 15 is 0 Å². The highest BCUT2D eigenvalue weighted by Gasteiger charge is 2.21. The second kappa shape index (κ2) is 8.64. The average Bonchev–Trinajstić information content (AvgIpc) is 3.09. The summed E-state index contributed by atoms with van der Waals surface area (Å²) in [7, 11) is -0.757. The minimum absolute atomic E-state index is 0.0653. The molecule has 0 radical (unpaired) electrons. The summed E-state index contributed by atoms with van der Waals surface area (Å²) in [6.45, 7) is 3.21. The van der Waals surface area contributed by atoms with E-state index in [1.54, 1.807) is 13.0 Å². The quantitative estimate of drug-likeness (QED) is 0.708. The van der Waals surface area contributed by atoms with E-state index in [1.165, 1.54) is 44.5 Å². The molecule has 0 aliphatic carbocycles. The molecule has 9 heteroatoms. The Morgan fingerprint density at radius 1 is 1.26 bits per heavy atom. The van der Waals surface area contributed by atoms with Crippen LogP contribution in [0.3, 0.4) is 0 Å². The zero-order valence-electron chi connectivity index (χ0n) is 15.6. The Bertz CT molecular complexity index is 921. The fraction of sp³-hybridized carbons (Fsp3) is 0.333. The molecule has 1 unspecified atom stereocenters. The number of esters is 1. The third-order valence-electron chi connectivity index (χ3n) is 3.85. The van der Waals surface area contributed by atoms with Crippen LogP contribution in [0.2, 0.25) is 0 Å². The van der Waals surface area contributed by atoms with Crippen molar-refractivity contribution in [1.82, 2.24) is 4.31 Å². The van der Waals surface area contributed by atoms with Crippen molar-refractivity contribution in [2.45, 2.75) is 31.3 Å². The number of carbonyl (C=O) groups is 2. The number of ether oxygens (including phenoxy) is 1. The highest BCUT2D eigenvalue weighted by atomic mass is 32.2. The first kappa shape index (κ1) is 21.1. The van der Waals surface area contributed by atoms with E-state index in [0.29, 0.717) is 11.3 Å². The van der Waals surface area contributed by atoms with Gasteiger partial charge in [-0.3, -0.25) is 9.59 Å². The molecule has 0 aliphatic rings. The fourth-order valence-corrected chi connectivity index (χ4v) is 3.79. The highest BCUT2D eigenvalue weighted by Crippen LogP contribution is 2.22. The topological polar surface area (TPSA) is 92.8 Å². The number of carbonyl (C=O) groups excluding carboxylic acids is 2. The third-order valence-corrected chi connectivity index (χ3v) is 6.39. The van der Waals surface area contributed by atoms with E-state index in [1.807, 2.05) is 16.8 Å². The second-order valence-corrected chi connectivity index (χ2v) is 9.13. The van der Waals surface area contributed by atoms with Crippen LogP contribution in [0.5, 0.6) is 0 Å². The first-order valence-corrected chi connectivity index (χ1v) is 10.5. The van der Waals surface area contributed by atoms with Crippen LogP contribution in [0.25, 0.3) is 0 Å². The van der Waals surface area contributed by atoms with Gasteiger partial charge in [0.15, 0.2) is 6.10 Å². The summed E-state index contributed by atoms with van der Waals surface area (Å²) in [5, 5.41) is 6.33. The van der Waals surface area contributed by atoms with Crippen LogP contribution < -0.4 is 5.32 Å². The summed E-state index contributed by atoms with van der Waals surface area (Å²) < 4.78 is 30.8. The minimum atomic E-state index is -3.62. The number of benzene rings is 1. The van der Waals surface area contributed by atoms with Gasteiger partial charge in [0, 0.05) is 19.8 Å². The lowest BCUT2D eigenvalue weighted by Crippen LogP contribution is -2.31. The van der Waals surface area contributed by atoms with Crippen LogP contribution in [0.15, 0.2) is 39.9 Å². The number of nitrogens with one attached hydrogen (secondary N) is 1. The Hall–Kier alpha value is -2.23.